The van der Waals surface area contributed by atoms with E-state index in [1.807, 2.05) is 26.0 Å². The molecule has 1 aromatic carbocycles. The van der Waals surface area contributed by atoms with E-state index in [2.05, 4.69) is 32.4 Å². The Balaban J connectivity index is 2.08. The quantitative estimate of drug-likeness (QED) is 0.907. The van der Waals surface area contributed by atoms with Crippen LogP contribution in [-0.2, 0) is 6.42 Å². The molecule has 20 heavy (non-hydrogen) atoms. The minimum absolute atomic E-state index is 0.124. The average molecular weight is 338 g/mol. The first-order chi connectivity index (χ1) is 9.59. The van der Waals surface area contributed by atoms with Gasteiger partial charge in [-0.2, -0.15) is 5.10 Å². The van der Waals surface area contributed by atoms with Gasteiger partial charge in [-0.1, -0.05) is 18.2 Å². The Labute approximate surface area is 126 Å². The molecule has 1 aliphatic rings. The van der Waals surface area contributed by atoms with E-state index in [1.54, 1.807) is 10.9 Å². The molecule has 0 bridgehead atoms. The van der Waals surface area contributed by atoms with E-state index in [4.69, 9.17) is 0 Å². The molecule has 5 heteroatoms. The zero-order valence-electron chi connectivity index (χ0n) is 11.5. The number of hydrogen-bond donors (Lipinski definition) is 1. The van der Waals surface area contributed by atoms with Gasteiger partial charge in [-0.05, 0) is 41.8 Å². The van der Waals surface area contributed by atoms with E-state index >= 15 is 4.39 Å². The lowest BCUT2D eigenvalue weighted by atomic mass is 10.0. The summed E-state index contributed by atoms with van der Waals surface area (Å²) >= 11 is 3.42. The van der Waals surface area contributed by atoms with Crippen LogP contribution in [0.4, 0.5) is 10.1 Å². The Bertz CT molecular complexity index is 636. The summed E-state index contributed by atoms with van der Waals surface area (Å²) in [6, 6.07) is 5.96. The summed E-state index contributed by atoms with van der Waals surface area (Å²) in [6.07, 6.45) is 1.44. The average Bonchev–Trinajstić information content (AvgIpc) is 3.03. The minimum atomic E-state index is -1.19. The van der Waals surface area contributed by atoms with E-state index in [-0.39, 0.29) is 6.04 Å². The van der Waals surface area contributed by atoms with Gasteiger partial charge in [0.25, 0.3) is 0 Å². The number of alkyl halides is 1. The van der Waals surface area contributed by atoms with E-state index in [1.165, 1.54) is 5.56 Å². The van der Waals surface area contributed by atoms with Crippen LogP contribution in [0, 0.1) is 0 Å². The zero-order chi connectivity index (χ0) is 14.3. The van der Waals surface area contributed by atoms with E-state index in [9.17, 15) is 0 Å². The standard InChI is InChI=1S/C15H17BrFN3/c1-9(2)20-15(12(16)8-19-20)13(17)11-5-3-4-10-6-7-18-14(10)11/h3-5,8-9,13,18H,6-7H2,1-2H3. The number of para-hydroxylation sites is 1. The lowest BCUT2D eigenvalue weighted by molar-refractivity contribution is 0.360. The van der Waals surface area contributed by atoms with Crippen molar-refractivity contribution in [2.45, 2.75) is 32.5 Å². The number of halogens is 2. The van der Waals surface area contributed by atoms with Crippen LogP contribution in [0.5, 0.6) is 0 Å². The number of nitrogens with zero attached hydrogens (tertiary/aromatic N) is 2. The molecule has 0 aliphatic carbocycles. The number of fused-ring (bicyclic) bond motifs is 1. The fourth-order valence-electron chi connectivity index (χ4n) is 2.72. The molecule has 1 aromatic heterocycles. The maximum Gasteiger partial charge on any atom is 0.170 e. The molecule has 1 aliphatic heterocycles. The Morgan fingerprint density at radius 1 is 1.40 bits per heavy atom. The van der Waals surface area contributed by atoms with Crippen LogP contribution in [0.3, 0.4) is 0 Å². The second-order valence-corrected chi connectivity index (χ2v) is 6.19. The molecule has 0 amide bonds. The van der Waals surface area contributed by atoms with Crippen LogP contribution in [-0.4, -0.2) is 16.3 Å². The molecule has 0 fully saturated rings. The molecule has 3 nitrogen and oxygen atoms in total. The van der Waals surface area contributed by atoms with Crippen LogP contribution in [0.15, 0.2) is 28.9 Å². The van der Waals surface area contributed by atoms with E-state index in [0.717, 1.165) is 18.7 Å². The largest absolute Gasteiger partial charge is 0.384 e. The highest BCUT2D eigenvalue weighted by atomic mass is 79.9. The van der Waals surface area contributed by atoms with Crippen molar-refractivity contribution in [3.05, 3.63) is 45.7 Å². The minimum Gasteiger partial charge on any atom is -0.384 e. The second-order valence-electron chi connectivity index (χ2n) is 5.34. The fraction of sp³-hybridized carbons (Fsp3) is 0.400. The van der Waals surface area contributed by atoms with Crippen LogP contribution < -0.4 is 5.32 Å². The molecular formula is C15H17BrFN3. The van der Waals surface area contributed by atoms with Crippen molar-refractivity contribution in [2.75, 3.05) is 11.9 Å². The maximum absolute atomic E-state index is 15.1. The number of aromatic nitrogens is 2. The van der Waals surface area contributed by atoms with Crippen molar-refractivity contribution >= 4 is 21.6 Å². The van der Waals surface area contributed by atoms with Crippen molar-refractivity contribution < 1.29 is 4.39 Å². The van der Waals surface area contributed by atoms with Gasteiger partial charge >= 0.3 is 0 Å². The Hall–Kier alpha value is -1.36. The fourth-order valence-corrected chi connectivity index (χ4v) is 3.20. The molecule has 0 spiro atoms. The molecule has 1 unspecified atom stereocenters. The third kappa shape index (κ3) is 2.14. The zero-order valence-corrected chi connectivity index (χ0v) is 13.1. The first kappa shape index (κ1) is 13.6. The van der Waals surface area contributed by atoms with Gasteiger partial charge in [-0.25, -0.2) is 4.39 Å². The highest BCUT2D eigenvalue weighted by molar-refractivity contribution is 9.10. The molecule has 0 saturated heterocycles. The van der Waals surface area contributed by atoms with Gasteiger partial charge in [0.2, 0.25) is 0 Å². The van der Waals surface area contributed by atoms with Crippen LogP contribution >= 0.6 is 15.9 Å². The van der Waals surface area contributed by atoms with Crippen LogP contribution in [0.25, 0.3) is 0 Å². The number of rotatable bonds is 3. The molecule has 1 N–H and O–H groups in total. The summed E-state index contributed by atoms with van der Waals surface area (Å²) in [4.78, 5) is 0. The Morgan fingerprint density at radius 3 is 2.95 bits per heavy atom. The van der Waals surface area contributed by atoms with Gasteiger partial charge in [-0.15, -0.1) is 0 Å². The molecule has 3 rings (SSSR count). The van der Waals surface area contributed by atoms with Crippen molar-refractivity contribution in [1.29, 1.82) is 0 Å². The van der Waals surface area contributed by atoms with Crippen LogP contribution in [0.1, 0.15) is 42.9 Å². The SMILES string of the molecule is CC(C)n1ncc(Br)c1C(F)c1cccc2c1NCC2. The Kier molecular flexibility index (Phi) is 3.54. The molecule has 2 heterocycles. The summed E-state index contributed by atoms with van der Waals surface area (Å²) in [5.74, 6) is 0. The van der Waals surface area contributed by atoms with Crippen molar-refractivity contribution in [2.24, 2.45) is 0 Å². The smallest absolute Gasteiger partial charge is 0.170 e. The lowest BCUT2D eigenvalue weighted by Gasteiger charge is -2.17. The van der Waals surface area contributed by atoms with Gasteiger partial charge in [0.05, 0.1) is 16.4 Å². The van der Waals surface area contributed by atoms with Gasteiger partial charge in [0.1, 0.15) is 0 Å². The monoisotopic (exact) mass is 337 g/mol. The number of benzene rings is 1. The van der Waals surface area contributed by atoms with E-state index in [0.29, 0.717) is 15.7 Å². The number of hydrogen-bond acceptors (Lipinski definition) is 2. The van der Waals surface area contributed by atoms with Gasteiger partial charge < -0.3 is 5.32 Å². The van der Waals surface area contributed by atoms with Crippen molar-refractivity contribution in [3.63, 3.8) is 0 Å². The topological polar surface area (TPSA) is 29.9 Å². The van der Waals surface area contributed by atoms with Crippen molar-refractivity contribution in [3.8, 4) is 0 Å². The normalized spacial score (nSPS) is 15.2. The van der Waals surface area contributed by atoms with Gasteiger partial charge in [0, 0.05) is 23.8 Å². The van der Waals surface area contributed by atoms with Gasteiger partial charge in [0.15, 0.2) is 6.17 Å². The van der Waals surface area contributed by atoms with Crippen LogP contribution in [0.2, 0.25) is 0 Å². The van der Waals surface area contributed by atoms with Gasteiger partial charge in [-0.3, -0.25) is 4.68 Å². The molecule has 1 atom stereocenters. The summed E-state index contributed by atoms with van der Waals surface area (Å²) in [5, 5.41) is 7.56. The summed E-state index contributed by atoms with van der Waals surface area (Å²) < 4.78 is 17.6. The molecule has 2 aromatic rings. The summed E-state index contributed by atoms with van der Waals surface area (Å²) in [5.41, 5.74) is 3.42. The predicted octanol–water partition coefficient (Wildman–Crippen LogP) is 4.25. The number of anilines is 1. The maximum atomic E-state index is 15.1. The molecule has 106 valence electrons. The van der Waals surface area contributed by atoms with Crippen molar-refractivity contribution in [1.82, 2.24) is 9.78 Å². The Morgan fingerprint density at radius 2 is 2.20 bits per heavy atom. The third-order valence-electron chi connectivity index (χ3n) is 3.67. The lowest BCUT2D eigenvalue weighted by Crippen LogP contribution is -2.11. The highest BCUT2D eigenvalue weighted by Crippen LogP contribution is 2.39. The molecule has 0 saturated carbocycles. The highest BCUT2D eigenvalue weighted by Gasteiger charge is 2.27. The first-order valence-electron chi connectivity index (χ1n) is 6.82. The summed E-state index contributed by atoms with van der Waals surface area (Å²) in [7, 11) is 0. The number of nitrogens with one attached hydrogen (secondary N) is 1. The first-order valence-corrected chi connectivity index (χ1v) is 7.61. The molecular weight excluding hydrogens is 321 g/mol. The van der Waals surface area contributed by atoms with E-state index < -0.39 is 6.17 Å². The third-order valence-corrected chi connectivity index (χ3v) is 4.28. The predicted molar refractivity (Wildman–Crippen MR) is 81.9 cm³/mol. The second kappa shape index (κ2) is 5.20. The molecule has 0 radical (unpaired) electrons. The summed E-state index contributed by atoms with van der Waals surface area (Å²) in [6.45, 7) is 4.89.